The van der Waals surface area contributed by atoms with Gasteiger partial charge in [0.25, 0.3) is 5.91 Å². The zero-order valence-electron chi connectivity index (χ0n) is 24.8. The number of nitrogens with one attached hydrogen (secondary N) is 1. The van der Waals surface area contributed by atoms with Crippen LogP contribution in [0.5, 0.6) is 23.0 Å². The maximum atomic E-state index is 12.9. The quantitative estimate of drug-likeness (QED) is 0.132. The van der Waals surface area contributed by atoms with Gasteiger partial charge in [0.1, 0.15) is 23.0 Å². The first-order valence-corrected chi connectivity index (χ1v) is 15.4. The van der Waals surface area contributed by atoms with Gasteiger partial charge in [0, 0.05) is 29.7 Å². The normalized spacial score (nSPS) is 10.5. The van der Waals surface area contributed by atoms with E-state index in [9.17, 15) is 19.5 Å². The highest BCUT2D eigenvalue weighted by molar-refractivity contribution is 9.10. The molecule has 5 aromatic carbocycles. The minimum atomic E-state index is -1.55. The van der Waals surface area contributed by atoms with Crippen LogP contribution in [0.2, 0.25) is 0 Å². The summed E-state index contributed by atoms with van der Waals surface area (Å²) >= 11 is 3.50. The number of carboxylic acid groups (broad SMARTS) is 1. The Hall–Kier alpha value is -5.41. The van der Waals surface area contributed by atoms with Gasteiger partial charge < -0.3 is 24.8 Å². The van der Waals surface area contributed by atoms with E-state index in [1.807, 2.05) is 84.9 Å². The molecular weight excluding hydrogens is 648 g/mol. The molecule has 0 spiro atoms. The van der Waals surface area contributed by atoms with Gasteiger partial charge in [0.15, 0.2) is 0 Å². The number of para-hydroxylation sites is 2. The van der Waals surface area contributed by atoms with Gasteiger partial charge in [-0.25, -0.2) is 4.79 Å². The van der Waals surface area contributed by atoms with Crippen molar-refractivity contribution in [3.8, 4) is 23.0 Å². The zero-order chi connectivity index (χ0) is 32.3. The van der Waals surface area contributed by atoms with Crippen LogP contribution in [0, 0.1) is 0 Å². The van der Waals surface area contributed by atoms with Gasteiger partial charge in [-0.3, -0.25) is 9.59 Å². The van der Waals surface area contributed by atoms with Crippen LogP contribution in [0.4, 0.5) is 0 Å². The van der Waals surface area contributed by atoms with Gasteiger partial charge in [-0.15, -0.1) is 0 Å². The Labute approximate surface area is 275 Å². The van der Waals surface area contributed by atoms with E-state index in [0.29, 0.717) is 45.6 Å². The maximum Gasteiger partial charge on any atom is 0.394 e. The first-order valence-electron chi connectivity index (χ1n) is 14.6. The van der Waals surface area contributed by atoms with Crippen molar-refractivity contribution in [1.29, 1.82) is 0 Å². The summed E-state index contributed by atoms with van der Waals surface area (Å²) in [5.74, 6) is -0.111. The predicted molar refractivity (Wildman–Crippen MR) is 178 cm³/mol. The number of benzene rings is 5. The second-order valence-corrected chi connectivity index (χ2v) is 11.3. The monoisotopic (exact) mass is 678 g/mol. The number of carboxylic acids is 1. The molecule has 0 aliphatic rings. The van der Waals surface area contributed by atoms with Crippen LogP contribution >= 0.6 is 15.9 Å². The van der Waals surface area contributed by atoms with Crippen molar-refractivity contribution in [2.24, 2.45) is 0 Å². The number of carbonyl (C=O) groups excluding carboxylic acids is 2. The maximum absolute atomic E-state index is 12.9. The molecule has 0 saturated heterocycles. The number of amides is 2. The Kier molecular flexibility index (Phi) is 10.8. The molecule has 0 aliphatic carbocycles. The summed E-state index contributed by atoms with van der Waals surface area (Å²) in [5.41, 5.74) is 2.84. The Balaban J connectivity index is 1.17. The highest BCUT2D eigenvalue weighted by Gasteiger charge is 2.23. The van der Waals surface area contributed by atoms with Gasteiger partial charge in [-0.1, -0.05) is 82.7 Å². The third kappa shape index (κ3) is 9.06. The van der Waals surface area contributed by atoms with Crippen LogP contribution in [0.3, 0.4) is 0 Å². The van der Waals surface area contributed by atoms with Crippen molar-refractivity contribution in [3.05, 3.63) is 154 Å². The molecular formula is C37H31BrN2O6. The predicted octanol–water partition coefficient (Wildman–Crippen LogP) is 7.62. The van der Waals surface area contributed by atoms with Gasteiger partial charge in [-0.2, -0.15) is 0 Å². The molecule has 5 rings (SSSR count). The van der Waals surface area contributed by atoms with Crippen molar-refractivity contribution < 1.29 is 29.0 Å². The number of hydrogen-bond acceptors (Lipinski definition) is 5. The van der Waals surface area contributed by atoms with Crippen molar-refractivity contribution in [1.82, 2.24) is 10.2 Å². The summed E-state index contributed by atoms with van der Waals surface area (Å²) < 4.78 is 12.3. The van der Waals surface area contributed by atoms with Crippen molar-refractivity contribution in [3.63, 3.8) is 0 Å². The largest absolute Gasteiger partial charge is 0.474 e. The summed E-state index contributed by atoms with van der Waals surface area (Å²) in [7, 11) is 0. The number of ether oxygens (including phenoxy) is 2. The molecule has 0 heterocycles. The third-order valence-electron chi connectivity index (χ3n) is 7.00. The van der Waals surface area contributed by atoms with Crippen LogP contribution in [0.25, 0.3) is 0 Å². The number of aliphatic carboxylic acids is 1. The molecule has 5 aromatic rings. The highest BCUT2D eigenvalue weighted by atomic mass is 79.9. The van der Waals surface area contributed by atoms with E-state index in [0.717, 1.165) is 17.1 Å². The molecule has 0 radical (unpaired) electrons. The average Bonchev–Trinajstić information content (AvgIpc) is 3.06. The fourth-order valence-corrected chi connectivity index (χ4v) is 5.18. The fourth-order valence-electron chi connectivity index (χ4n) is 4.68. The van der Waals surface area contributed by atoms with Crippen molar-refractivity contribution in [2.45, 2.75) is 19.5 Å². The molecule has 0 bridgehead atoms. The lowest BCUT2D eigenvalue weighted by atomic mass is 10.1. The zero-order valence-corrected chi connectivity index (χ0v) is 26.4. The number of carbonyl (C=O) groups is 3. The molecule has 8 nitrogen and oxygen atoms in total. The molecule has 0 aromatic heterocycles. The van der Waals surface area contributed by atoms with E-state index in [1.54, 1.807) is 42.5 Å². The summed E-state index contributed by atoms with van der Waals surface area (Å²) in [6, 6.07) is 38.7. The van der Waals surface area contributed by atoms with E-state index >= 15 is 0 Å². The summed E-state index contributed by atoms with van der Waals surface area (Å²) in [6.45, 7) is 0.498. The van der Waals surface area contributed by atoms with Crippen molar-refractivity contribution in [2.75, 3.05) is 6.54 Å². The Morgan fingerprint density at radius 3 is 1.89 bits per heavy atom. The summed E-state index contributed by atoms with van der Waals surface area (Å²) in [6.07, 6.45) is 0.639. The standard InChI is InChI=1S/C37H31BrN2O6/c38-34-23-28(35(41)39-21-20-26-14-18-32(19-15-26)45-30-9-3-1-4-10-30)16-17-29(34)25-40(36(42)37(43)44)24-27-8-7-13-33(22-27)46-31-11-5-2-6-12-31/h1-19,22-23H,20-21,24-25H2,(H,39,41)(H,43,44). The first kappa shape index (κ1) is 32.0. The lowest BCUT2D eigenvalue weighted by Crippen LogP contribution is -2.35. The van der Waals surface area contributed by atoms with Crippen LogP contribution in [0.1, 0.15) is 27.0 Å². The Bertz CT molecular complexity index is 1800. The van der Waals surface area contributed by atoms with Gasteiger partial charge in [0.05, 0.1) is 0 Å². The van der Waals surface area contributed by atoms with Gasteiger partial charge >= 0.3 is 11.9 Å². The molecule has 232 valence electrons. The Morgan fingerprint density at radius 2 is 1.26 bits per heavy atom. The second-order valence-electron chi connectivity index (χ2n) is 10.4. The fraction of sp³-hybridized carbons (Fsp3) is 0.108. The number of halogens is 1. The lowest BCUT2D eigenvalue weighted by Gasteiger charge is -2.22. The minimum Gasteiger partial charge on any atom is -0.474 e. The van der Waals surface area contributed by atoms with Gasteiger partial charge in [0.2, 0.25) is 0 Å². The van der Waals surface area contributed by atoms with E-state index in [4.69, 9.17) is 9.47 Å². The molecule has 0 saturated carbocycles. The lowest BCUT2D eigenvalue weighted by molar-refractivity contribution is -0.156. The molecule has 2 amide bonds. The topological polar surface area (TPSA) is 105 Å². The van der Waals surface area contributed by atoms with Crippen LogP contribution in [-0.2, 0) is 29.1 Å². The van der Waals surface area contributed by atoms with Gasteiger partial charge in [-0.05, 0) is 83.8 Å². The molecule has 0 atom stereocenters. The molecule has 2 N–H and O–H groups in total. The second kappa shape index (κ2) is 15.5. The first-order chi connectivity index (χ1) is 22.3. The molecule has 9 heteroatoms. The Morgan fingerprint density at radius 1 is 0.652 bits per heavy atom. The van der Waals surface area contributed by atoms with Crippen LogP contribution < -0.4 is 14.8 Å². The highest BCUT2D eigenvalue weighted by Crippen LogP contribution is 2.25. The van der Waals surface area contributed by atoms with Crippen LogP contribution in [0.15, 0.2) is 132 Å². The average molecular weight is 680 g/mol. The molecule has 46 heavy (non-hydrogen) atoms. The van der Waals surface area contributed by atoms with E-state index in [1.165, 1.54) is 4.90 Å². The number of rotatable bonds is 12. The number of hydrogen-bond donors (Lipinski definition) is 2. The summed E-state index contributed by atoms with van der Waals surface area (Å²) in [5, 5.41) is 12.4. The van der Waals surface area contributed by atoms with E-state index in [-0.39, 0.29) is 19.0 Å². The smallest absolute Gasteiger partial charge is 0.394 e. The van der Waals surface area contributed by atoms with E-state index < -0.39 is 11.9 Å². The van der Waals surface area contributed by atoms with Crippen molar-refractivity contribution >= 4 is 33.7 Å². The number of nitrogens with zero attached hydrogens (tertiary/aromatic N) is 1. The molecule has 0 aliphatic heterocycles. The third-order valence-corrected chi connectivity index (χ3v) is 7.74. The summed E-state index contributed by atoms with van der Waals surface area (Å²) in [4.78, 5) is 38.4. The van der Waals surface area contributed by atoms with E-state index in [2.05, 4.69) is 21.2 Å². The minimum absolute atomic E-state index is 0.0152. The molecule has 0 fully saturated rings. The SMILES string of the molecule is O=C(O)C(=O)N(Cc1cccc(Oc2ccccc2)c1)Cc1ccc(C(=O)NCCc2ccc(Oc3ccccc3)cc2)cc1Br. The van der Waals surface area contributed by atoms with Crippen LogP contribution in [-0.4, -0.2) is 34.3 Å². The molecule has 0 unspecified atom stereocenters.